The van der Waals surface area contributed by atoms with Crippen molar-refractivity contribution in [3.63, 3.8) is 0 Å². The summed E-state index contributed by atoms with van der Waals surface area (Å²) in [5, 5.41) is 0. The SMILES string of the molecule is FC(F)(F)Oc1ccccc1. The lowest BCUT2D eigenvalue weighted by atomic mass is 10.3. The number of halogens is 3. The number of hydrogen-bond acceptors (Lipinski definition) is 1. The van der Waals surface area contributed by atoms with E-state index in [9.17, 15) is 13.2 Å². The van der Waals surface area contributed by atoms with Gasteiger partial charge in [-0.3, -0.25) is 0 Å². The number of ether oxygens (including phenoxy) is 1. The predicted molar refractivity (Wildman–Crippen MR) is 33.1 cm³/mol. The summed E-state index contributed by atoms with van der Waals surface area (Å²) in [5.41, 5.74) is 0. The number of para-hydroxylation sites is 1. The maximum Gasteiger partial charge on any atom is 0.573 e. The normalized spacial score (nSPS) is 11.2. The molecule has 11 heavy (non-hydrogen) atoms. The molecule has 1 aromatic rings. The van der Waals surface area contributed by atoms with Crippen LogP contribution in [-0.4, -0.2) is 6.36 Å². The van der Waals surface area contributed by atoms with Crippen molar-refractivity contribution in [3.05, 3.63) is 30.3 Å². The second-order valence-electron chi connectivity index (χ2n) is 1.86. The highest BCUT2D eigenvalue weighted by molar-refractivity contribution is 5.20. The molecule has 0 unspecified atom stereocenters. The van der Waals surface area contributed by atoms with Crippen molar-refractivity contribution >= 4 is 0 Å². The summed E-state index contributed by atoms with van der Waals surface area (Å²) in [6.07, 6.45) is -4.60. The van der Waals surface area contributed by atoms with E-state index in [4.69, 9.17) is 0 Å². The molecular formula is C7H5F3O. The van der Waals surface area contributed by atoms with E-state index in [2.05, 4.69) is 4.74 Å². The van der Waals surface area contributed by atoms with Crippen LogP contribution in [0.1, 0.15) is 0 Å². The minimum absolute atomic E-state index is 0.194. The van der Waals surface area contributed by atoms with Gasteiger partial charge in [-0.15, -0.1) is 13.2 Å². The highest BCUT2D eigenvalue weighted by Gasteiger charge is 2.30. The molecule has 0 aliphatic carbocycles. The molecule has 1 nitrogen and oxygen atoms in total. The molecule has 0 radical (unpaired) electrons. The van der Waals surface area contributed by atoms with Gasteiger partial charge in [-0.2, -0.15) is 0 Å². The summed E-state index contributed by atoms with van der Waals surface area (Å²) in [7, 11) is 0. The summed E-state index contributed by atoms with van der Waals surface area (Å²) >= 11 is 0. The molecule has 0 bridgehead atoms. The van der Waals surface area contributed by atoms with Gasteiger partial charge in [-0.1, -0.05) is 18.2 Å². The van der Waals surface area contributed by atoms with Crippen LogP contribution in [0.25, 0.3) is 0 Å². The molecule has 60 valence electrons. The molecule has 0 atom stereocenters. The van der Waals surface area contributed by atoms with Crippen LogP contribution in [0.4, 0.5) is 13.2 Å². The maximum absolute atomic E-state index is 11.5. The van der Waals surface area contributed by atoms with Gasteiger partial charge in [-0.25, -0.2) is 0 Å². The van der Waals surface area contributed by atoms with Crippen molar-refractivity contribution in [2.45, 2.75) is 6.36 Å². The molecule has 0 fully saturated rings. The van der Waals surface area contributed by atoms with E-state index in [0.29, 0.717) is 0 Å². The number of alkyl halides is 3. The molecule has 0 N–H and O–H groups in total. The first-order valence-electron chi connectivity index (χ1n) is 2.89. The largest absolute Gasteiger partial charge is 0.573 e. The third-order valence-electron chi connectivity index (χ3n) is 0.977. The highest BCUT2D eigenvalue weighted by Crippen LogP contribution is 2.21. The van der Waals surface area contributed by atoms with E-state index in [-0.39, 0.29) is 5.75 Å². The van der Waals surface area contributed by atoms with E-state index in [1.165, 1.54) is 24.3 Å². The van der Waals surface area contributed by atoms with Gasteiger partial charge < -0.3 is 4.74 Å². The smallest absolute Gasteiger partial charge is 0.406 e. The summed E-state index contributed by atoms with van der Waals surface area (Å²) in [5.74, 6) is -0.194. The van der Waals surface area contributed by atoms with Crippen molar-refractivity contribution < 1.29 is 17.9 Å². The zero-order valence-corrected chi connectivity index (χ0v) is 5.43. The van der Waals surface area contributed by atoms with Crippen LogP contribution in [0.5, 0.6) is 5.75 Å². The summed E-state index contributed by atoms with van der Waals surface area (Å²) < 4.78 is 38.2. The van der Waals surface area contributed by atoms with Gasteiger partial charge in [-0.05, 0) is 12.1 Å². The van der Waals surface area contributed by atoms with E-state index < -0.39 is 6.36 Å². The Morgan fingerprint density at radius 3 is 2.00 bits per heavy atom. The van der Waals surface area contributed by atoms with Crippen molar-refractivity contribution in [1.82, 2.24) is 0 Å². The van der Waals surface area contributed by atoms with Crippen LogP contribution in [0.3, 0.4) is 0 Å². The second-order valence-corrected chi connectivity index (χ2v) is 1.86. The Hall–Kier alpha value is -1.19. The van der Waals surface area contributed by atoms with Crippen LogP contribution >= 0.6 is 0 Å². The first-order valence-corrected chi connectivity index (χ1v) is 2.89. The van der Waals surface area contributed by atoms with Gasteiger partial charge in [0.1, 0.15) is 5.75 Å². The molecule has 4 heteroatoms. The van der Waals surface area contributed by atoms with Gasteiger partial charge in [0.25, 0.3) is 0 Å². The molecule has 1 rings (SSSR count). The van der Waals surface area contributed by atoms with E-state index in [1.807, 2.05) is 0 Å². The number of benzene rings is 1. The number of hydrogen-bond donors (Lipinski definition) is 0. The standard InChI is InChI=1S/C7H5F3O/c8-7(9,10)11-6-4-2-1-3-5-6/h1-5H. The molecular weight excluding hydrogens is 157 g/mol. The van der Waals surface area contributed by atoms with Crippen LogP contribution in [0, 0.1) is 0 Å². The molecule has 0 aliphatic heterocycles. The van der Waals surface area contributed by atoms with E-state index in [1.54, 1.807) is 6.07 Å². The average Bonchev–Trinajstić information content (AvgIpc) is 1.85. The maximum atomic E-state index is 11.5. The van der Waals surface area contributed by atoms with Crippen molar-refractivity contribution in [1.29, 1.82) is 0 Å². The average molecular weight is 162 g/mol. The van der Waals surface area contributed by atoms with E-state index >= 15 is 0 Å². The Morgan fingerprint density at radius 2 is 1.55 bits per heavy atom. The highest BCUT2D eigenvalue weighted by atomic mass is 19.4. The monoisotopic (exact) mass is 162 g/mol. The van der Waals surface area contributed by atoms with Gasteiger partial charge >= 0.3 is 6.36 Å². The molecule has 0 saturated heterocycles. The third-order valence-corrected chi connectivity index (χ3v) is 0.977. The lowest BCUT2D eigenvalue weighted by molar-refractivity contribution is -0.274. The zero-order valence-electron chi connectivity index (χ0n) is 5.43. The lowest BCUT2D eigenvalue weighted by Gasteiger charge is -2.07. The molecule has 0 aromatic heterocycles. The van der Waals surface area contributed by atoms with Crippen molar-refractivity contribution in [2.75, 3.05) is 0 Å². The van der Waals surface area contributed by atoms with E-state index in [0.717, 1.165) is 0 Å². The summed E-state index contributed by atoms with van der Waals surface area (Å²) in [6.45, 7) is 0. The second kappa shape index (κ2) is 2.82. The van der Waals surface area contributed by atoms with Crippen molar-refractivity contribution in [3.8, 4) is 5.75 Å². The zero-order chi connectivity index (χ0) is 8.32. The minimum atomic E-state index is -4.60. The van der Waals surface area contributed by atoms with Crippen LogP contribution < -0.4 is 4.74 Å². The fraction of sp³-hybridized carbons (Fsp3) is 0.143. The first kappa shape index (κ1) is 7.91. The Labute approximate surface area is 61.4 Å². The predicted octanol–water partition coefficient (Wildman–Crippen LogP) is 2.59. The Bertz CT molecular complexity index is 217. The summed E-state index contributed by atoms with van der Waals surface area (Å²) in [6, 6.07) is 7.05. The van der Waals surface area contributed by atoms with Crippen molar-refractivity contribution in [2.24, 2.45) is 0 Å². The fourth-order valence-electron chi connectivity index (χ4n) is 0.622. The molecule has 0 amide bonds. The van der Waals surface area contributed by atoms with Gasteiger partial charge in [0.05, 0.1) is 0 Å². The first-order chi connectivity index (χ1) is 5.08. The Morgan fingerprint density at radius 1 is 1.00 bits per heavy atom. The number of rotatable bonds is 1. The molecule has 0 heterocycles. The van der Waals surface area contributed by atoms with Crippen LogP contribution in [0.15, 0.2) is 30.3 Å². The van der Waals surface area contributed by atoms with Gasteiger partial charge in [0.2, 0.25) is 0 Å². The van der Waals surface area contributed by atoms with Crippen LogP contribution in [0.2, 0.25) is 0 Å². The van der Waals surface area contributed by atoms with Crippen LogP contribution in [-0.2, 0) is 0 Å². The molecule has 0 aliphatic rings. The quantitative estimate of drug-likeness (QED) is 0.616. The van der Waals surface area contributed by atoms with Gasteiger partial charge in [0.15, 0.2) is 0 Å². The Balaban J connectivity index is 2.66. The summed E-state index contributed by atoms with van der Waals surface area (Å²) in [4.78, 5) is 0. The molecule has 0 saturated carbocycles. The fourth-order valence-corrected chi connectivity index (χ4v) is 0.622. The van der Waals surface area contributed by atoms with Gasteiger partial charge in [0, 0.05) is 0 Å². The Kier molecular flexibility index (Phi) is 2.03. The molecule has 0 spiro atoms. The topological polar surface area (TPSA) is 9.23 Å². The lowest BCUT2D eigenvalue weighted by Crippen LogP contribution is -2.16. The minimum Gasteiger partial charge on any atom is -0.406 e. The molecule has 1 aromatic carbocycles. The third kappa shape index (κ3) is 2.93.